The van der Waals surface area contributed by atoms with Gasteiger partial charge in [0.2, 0.25) is 0 Å². The van der Waals surface area contributed by atoms with Gasteiger partial charge in [-0.15, -0.1) is 11.3 Å². The van der Waals surface area contributed by atoms with Gasteiger partial charge in [0, 0.05) is 12.1 Å². The minimum Gasteiger partial charge on any atom is -0.495 e. The Morgan fingerprint density at radius 1 is 1.35 bits per heavy atom. The number of carbonyl (C=O) groups is 1. The number of anilines is 3. The second-order valence-corrected chi connectivity index (χ2v) is 6.65. The number of thiophene rings is 1. The zero-order chi connectivity index (χ0) is 18.1. The fourth-order valence-electron chi connectivity index (χ4n) is 2.88. The van der Waals surface area contributed by atoms with E-state index in [0.717, 1.165) is 34.0 Å². The maximum absolute atomic E-state index is 11.9. The van der Waals surface area contributed by atoms with Crippen LogP contribution in [0.1, 0.15) is 12.7 Å². The van der Waals surface area contributed by atoms with Crippen LogP contribution >= 0.6 is 11.3 Å². The second kappa shape index (κ2) is 6.80. The number of hydrogen-bond donors (Lipinski definition) is 1. The lowest BCUT2D eigenvalue weighted by molar-refractivity contribution is 0.181. The van der Waals surface area contributed by atoms with Crippen LogP contribution < -0.4 is 15.0 Å². The van der Waals surface area contributed by atoms with Gasteiger partial charge in [-0.05, 0) is 29.6 Å². The Morgan fingerprint density at radius 3 is 2.96 bits per heavy atom. The van der Waals surface area contributed by atoms with Crippen molar-refractivity contribution in [3.63, 3.8) is 0 Å². The van der Waals surface area contributed by atoms with Gasteiger partial charge in [0.15, 0.2) is 0 Å². The molecule has 0 atom stereocenters. The minimum absolute atomic E-state index is 0.365. The van der Waals surface area contributed by atoms with Crippen molar-refractivity contribution < 1.29 is 14.3 Å². The molecule has 3 heterocycles. The van der Waals surface area contributed by atoms with E-state index in [1.54, 1.807) is 23.3 Å². The fourth-order valence-corrected chi connectivity index (χ4v) is 3.66. The van der Waals surface area contributed by atoms with Crippen molar-refractivity contribution in [3.8, 4) is 5.75 Å². The first-order valence-electron chi connectivity index (χ1n) is 8.33. The molecule has 0 spiro atoms. The third-order valence-corrected chi connectivity index (χ3v) is 4.99. The summed E-state index contributed by atoms with van der Waals surface area (Å²) in [5.41, 5.74) is 1.49. The molecule has 134 valence electrons. The third kappa shape index (κ3) is 2.92. The summed E-state index contributed by atoms with van der Waals surface area (Å²) >= 11 is 1.59. The van der Waals surface area contributed by atoms with E-state index in [4.69, 9.17) is 9.47 Å². The van der Waals surface area contributed by atoms with E-state index in [-0.39, 0.29) is 6.09 Å². The molecule has 0 aliphatic carbocycles. The van der Waals surface area contributed by atoms with Gasteiger partial charge >= 0.3 is 6.09 Å². The molecule has 0 saturated carbocycles. The normalized spacial score (nSPS) is 13.9. The van der Waals surface area contributed by atoms with Crippen LogP contribution in [0.3, 0.4) is 0 Å². The largest absolute Gasteiger partial charge is 0.495 e. The molecule has 4 rings (SSSR count). The molecule has 0 bridgehead atoms. The van der Waals surface area contributed by atoms with Gasteiger partial charge in [-0.25, -0.2) is 14.8 Å². The number of nitrogens with one attached hydrogen (secondary N) is 1. The quantitative estimate of drug-likeness (QED) is 0.732. The van der Waals surface area contributed by atoms with Gasteiger partial charge in [-0.2, -0.15) is 0 Å². The van der Waals surface area contributed by atoms with E-state index < -0.39 is 0 Å². The van der Waals surface area contributed by atoms with E-state index in [0.29, 0.717) is 24.6 Å². The topological polar surface area (TPSA) is 76.6 Å². The van der Waals surface area contributed by atoms with Crippen LogP contribution in [0, 0.1) is 0 Å². The third-order valence-electron chi connectivity index (χ3n) is 4.18. The van der Waals surface area contributed by atoms with Crippen LogP contribution in [0.5, 0.6) is 5.75 Å². The second-order valence-electron chi connectivity index (χ2n) is 5.76. The van der Waals surface area contributed by atoms with Crippen LogP contribution in [0.15, 0.2) is 29.6 Å². The predicted molar refractivity (Wildman–Crippen MR) is 102 cm³/mol. The van der Waals surface area contributed by atoms with Gasteiger partial charge in [-0.1, -0.05) is 6.92 Å². The maximum atomic E-state index is 11.9. The molecule has 7 nitrogen and oxygen atoms in total. The number of aromatic nitrogens is 2. The zero-order valence-corrected chi connectivity index (χ0v) is 15.3. The van der Waals surface area contributed by atoms with Crippen molar-refractivity contribution in [1.29, 1.82) is 0 Å². The molecular formula is C18H18N4O3S. The number of fused-ring (bicyclic) bond motifs is 1. The van der Waals surface area contributed by atoms with E-state index in [9.17, 15) is 4.79 Å². The molecule has 1 fully saturated rings. The van der Waals surface area contributed by atoms with E-state index in [1.807, 2.05) is 36.6 Å². The molecule has 1 N–H and O–H groups in total. The first-order chi connectivity index (χ1) is 12.7. The number of carbonyl (C=O) groups excluding carboxylic acids is 1. The summed E-state index contributed by atoms with van der Waals surface area (Å²) in [5.74, 6) is 2.17. The number of nitrogens with zero attached hydrogens (tertiary/aromatic N) is 3. The van der Waals surface area contributed by atoms with Crippen LogP contribution in [0.4, 0.5) is 22.0 Å². The summed E-state index contributed by atoms with van der Waals surface area (Å²) in [6.45, 7) is 2.91. The SMILES string of the molecule is CCc1nc(Nc2ccc(OC)c(N3CCOC3=O)c2)c2ccsc2n1. The summed E-state index contributed by atoms with van der Waals surface area (Å²) in [5, 5.41) is 6.34. The number of rotatable bonds is 5. The maximum Gasteiger partial charge on any atom is 0.414 e. The summed E-state index contributed by atoms with van der Waals surface area (Å²) in [6, 6.07) is 7.60. The van der Waals surface area contributed by atoms with Gasteiger partial charge in [0.25, 0.3) is 0 Å². The molecule has 1 aromatic carbocycles. The Labute approximate surface area is 154 Å². The molecule has 1 saturated heterocycles. The molecular weight excluding hydrogens is 352 g/mol. The molecule has 3 aromatic rings. The van der Waals surface area contributed by atoms with Crippen molar-refractivity contribution in [2.24, 2.45) is 0 Å². The highest BCUT2D eigenvalue weighted by molar-refractivity contribution is 7.16. The Kier molecular flexibility index (Phi) is 4.34. The first-order valence-corrected chi connectivity index (χ1v) is 9.21. The smallest absolute Gasteiger partial charge is 0.414 e. The summed E-state index contributed by atoms with van der Waals surface area (Å²) in [6.07, 6.45) is 0.395. The van der Waals surface area contributed by atoms with Gasteiger partial charge in [0.05, 0.1) is 24.7 Å². The molecule has 1 aliphatic rings. The average Bonchev–Trinajstić information content (AvgIpc) is 3.30. The van der Waals surface area contributed by atoms with Crippen molar-refractivity contribution in [1.82, 2.24) is 9.97 Å². The average molecular weight is 370 g/mol. The Hall–Kier alpha value is -2.87. The summed E-state index contributed by atoms with van der Waals surface area (Å²) in [4.78, 5) is 23.6. The highest BCUT2D eigenvalue weighted by atomic mass is 32.1. The summed E-state index contributed by atoms with van der Waals surface area (Å²) in [7, 11) is 1.58. The van der Waals surface area contributed by atoms with Gasteiger partial charge < -0.3 is 14.8 Å². The summed E-state index contributed by atoms with van der Waals surface area (Å²) < 4.78 is 10.5. The van der Waals surface area contributed by atoms with Crippen LogP contribution in [0.2, 0.25) is 0 Å². The van der Waals surface area contributed by atoms with Crippen molar-refractivity contribution in [2.75, 3.05) is 30.5 Å². The Morgan fingerprint density at radius 2 is 2.23 bits per heavy atom. The van der Waals surface area contributed by atoms with Crippen molar-refractivity contribution >= 4 is 44.8 Å². The lowest BCUT2D eigenvalue weighted by Gasteiger charge is -2.18. The zero-order valence-electron chi connectivity index (χ0n) is 14.5. The Bertz CT molecular complexity index is 972. The highest BCUT2D eigenvalue weighted by Crippen LogP contribution is 2.35. The number of amides is 1. The number of hydrogen-bond acceptors (Lipinski definition) is 7. The molecule has 0 unspecified atom stereocenters. The number of cyclic esters (lactones) is 1. The standard InChI is InChI=1S/C18H18N4O3S/c1-3-15-20-16(12-6-9-26-17(12)21-15)19-11-4-5-14(24-2)13(10-11)22-7-8-25-18(22)23/h4-6,9-10H,3,7-8H2,1-2H3,(H,19,20,21). The van der Waals surface area contributed by atoms with Crippen molar-refractivity contribution in [2.45, 2.75) is 13.3 Å². The number of ether oxygens (including phenoxy) is 2. The fraction of sp³-hybridized carbons (Fsp3) is 0.278. The van der Waals surface area contributed by atoms with Gasteiger partial charge in [-0.3, -0.25) is 4.90 Å². The highest BCUT2D eigenvalue weighted by Gasteiger charge is 2.26. The van der Waals surface area contributed by atoms with Crippen LogP contribution in [-0.4, -0.2) is 36.3 Å². The first kappa shape index (κ1) is 16.6. The number of aryl methyl sites for hydroxylation is 1. The lowest BCUT2D eigenvalue weighted by atomic mass is 10.2. The van der Waals surface area contributed by atoms with E-state index >= 15 is 0 Å². The van der Waals surface area contributed by atoms with Crippen molar-refractivity contribution in [3.05, 3.63) is 35.5 Å². The lowest BCUT2D eigenvalue weighted by Crippen LogP contribution is -2.23. The number of benzene rings is 1. The van der Waals surface area contributed by atoms with E-state index in [1.165, 1.54) is 0 Å². The molecule has 8 heteroatoms. The molecule has 1 amide bonds. The van der Waals surface area contributed by atoms with E-state index in [2.05, 4.69) is 15.3 Å². The molecule has 1 aliphatic heterocycles. The molecule has 26 heavy (non-hydrogen) atoms. The van der Waals surface area contributed by atoms with Crippen LogP contribution in [0.25, 0.3) is 10.2 Å². The monoisotopic (exact) mass is 370 g/mol. The predicted octanol–water partition coefficient (Wildman–Crippen LogP) is 3.96. The Balaban J connectivity index is 1.73. The molecule has 0 radical (unpaired) electrons. The van der Waals surface area contributed by atoms with Crippen LogP contribution in [-0.2, 0) is 11.2 Å². The minimum atomic E-state index is -0.365. The number of methoxy groups -OCH3 is 1. The van der Waals surface area contributed by atoms with Gasteiger partial charge in [0.1, 0.15) is 28.8 Å². The molecule has 2 aromatic heterocycles.